The number of halogens is 1. The summed E-state index contributed by atoms with van der Waals surface area (Å²) < 4.78 is 0. The summed E-state index contributed by atoms with van der Waals surface area (Å²) in [5.41, 5.74) is 0. The highest BCUT2D eigenvalue weighted by Crippen LogP contribution is 2.25. The van der Waals surface area contributed by atoms with Gasteiger partial charge in [0.05, 0.1) is 0 Å². The van der Waals surface area contributed by atoms with Crippen LogP contribution in [0.5, 0.6) is 0 Å². The maximum absolute atomic E-state index is 6.20. The SMILES string of the molecule is CCCCCCC(C)(Cl)CC. The Hall–Kier alpha value is 0.290. The first-order chi connectivity index (χ1) is 5.12. The largest absolute Gasteiger partial charge is 0.120 e. The normalized spacial score (nSPS) is 16.4. The van der Waals surface area contributed by atoms with Crippen molar-refractivity contribution in [3.63, 3.8) is 0 Å². The van der Waals surface area contributed by atoms with Crippen molar-refractivity contribution in [2.75, 3.05) is 0 Å². The summed E-state index contributed by atoms with van der Waals surface area (Å²) in [6.45, 7) is 6.53. The van der Waals surface area contributed by atoms with Crippen LogP contribution in [-0.2, 0) is 0 Å². The lowest BCUT2D eigenvalue weighted by Gasteiger charge is -2.19. The smallest absolute Gasteiger partial charge is 0.0416 e. The van der Waals surface area contributed by atoms with Crippen LogP contribution in [0.25, 0.3) is 0 Å². The van der Waals surface area contributed by atoms with Crippen LogP contribution in [0, 0.1) is 0 Å². The average molecular weight is 177 g/mol. The van der Waals surface area contributed by atoms with Crippen molar-refractivity contribution in [3.8, 4) is 0 Å². The van der Waals surface area contributed by atoms with Crippen molar-refractivity contribution < 1.29 is 0 Å². The predicted molar refractivity (Wildman–Crippen MR) is 53.3 cm³/mol. The Morgan fingerprint density at radius 3 is 2.18 bits per heavy atom. The van der Waals surface area contributed by atoms with E-state index in [1.54, 1.807) is 0 Å². The minimum Gasteiger partial charge on any atom is -0.120 e. The van der Waals surface area contributed by atoms with E-state index in [0.717, 1.165) is 6.42 Å². The molecule has 0 aliphatic rings. The monoisotopic (exact) mass is 176 g/mol. The van der Waals surface area contributed by atoms with Gasteiger partial charge in [-0.2, -0.15) is 0 Å². The molecule has 0 radical (unpaired) electrons. The van der Waals surface area contributed by atoms with Crippen LogP contribution in [0.4, 0.5) is 0 Å². The number of alkyl halides is 1. The molecule has 0 aromatic carbocycles. The van der Waals surface area contributed by atoms with Crippen molar-refractivity contribution in [2.24, 2.45) is 0 Å². The molecule has 0 amide bonds. The minimum atomic E-state index is 0.0632. The second-order valence-corrected chi connectivity index (χ2v) is 4.49. The number of hydrogen-bond donors (Lipinski definition) is 0. The highest BCUT2D eigenvalue weighted by molar-refractivity contribution is 6.23. The van der Waals surface area contributed by atoms with Gasteiger partial charge in [-0.15, -0.1) is 11.6 Å². The zero-order chi connectivity index (χ0) is 8.74. The Morgan fingerprint density at radius 1 is 1.09 bits per heavy atom. The van der Waals surface area contributed by atoms with Crippen molar-refractivity contribution in [1.29, 1.82) is 0 Å². The van der Waals surface area contributed by atoms with Gasteiger partial charge in [0.2, 0.25) is 0 Å². The number of unbranched alkanes of at least 4 members (excludes halogenated alkanes) is 3. The molecule has 0 saturated heterocycles. The van der Waals surface area contributed by atoms with E-state index in [2.05, 4.69) is 20.8 Å². The van der Waals surface area contributed by atoms with Gasteiger partial charge in [0.25, 0.3) is 0 Å². The average Bonchev–Trinajstić information content (AvgIpc) is 1.99. The molecule has 0 aliphatic carbocycles. The van der Waals surface area contributed by atoms with Crippen LogP contribution in [0.3, 0.4) is 0 Å². The summed E-state index contributed by atoms with van der Waals surface area (Å²) in [4.78, 5) is 0.0632. The van der Waals surface area contributed by atoms with Crippen LogP contribution >= 0.6 is 11.6 Å². The fourth-order valence-corrected chi connectivity index (χ4v) is 1.23. The van der Waals surface area contributed by atoms with E-state index in [1.165, 1.54) is 32.1 Å². The molecule has 11 heavy (non-hydrogen) atoms. The highest BCUT2D eigenvalue weighted by Gasteiger charge is 2.16. The van der Waals surface area contributed by atoms with Crippen molar-refractivity contribution >= 4 is 11.6 Å². The Bertz CT molecular complexity index is 86.9. The Morgan fingerprint density at radius 2 is 1.73 bits per heavy atom. The molecule has 1 heteroatoms. The maximum Gasteiger partial charge on any atom is 0.0416 e. The van der Waals surface area contributed by atoms with Gasteiger partial charge >= 0.3 is 0 Å². The Balaban J connectivity index is 3.23. The summed E-state index contributed by atoms with van der Waals surface area (Å²) in [5.74, 6) is 0. The molecule has 68 valence electrons. The van der Waals surface area contributed by atoms with Gasteiger partial charge in [0, 0.05) is 4.87 Å². The third-order valence-electron chi connectivity index (χ3n) is 2.29. The van der Waals surface area contributed by atoms with Gasteiger partial charge in [-0.3, -0.25) is 0 Å². The van der Waals surface area contributed by atoms with Crippen LogP contribution in [0.15, 0.2) is 0 Å². The quantitative estimate of drug-likeness (QED) is 0.417. The number of rotatable bonds is 6. The first kappa shape index (κ1) is 11.3. The predicted octanol–water partition coefficient (Wildman–Crippen LogP) is 4.36. The van der Waals surface area contributed by atoms with E-state index in [4.69, 9.17) is 11.6 Å². The minimum absolute atomic E-state index is 0.0632. The van der Waals surface area contributed by atoms with E-state index in [9.17, 15) is 0 Å². The van der Waals surface area contributed by atoms with E-state index >= 15 is 0 Å². The first-order valence-electron chi connectivity index (χ1n) is 4.81. The van der Waals surface area contributed by atoms with Crippen LogP contribution < -0.4 is 0 Å². The lowest BCUT2D eigenvalue weighted by molar-refractivity contribution is 0.509. The second kappa shape index (κ2) is 5.88. The third kappa shape index (κ3) is 6.68. The molecule has 0 bridgehead atoms. The zero-order valence-electron chi connectivity index (χ0n) is 8.12. The first-order valence-corrected chi connectivity index (χ1v) is 5.19. The molecule has 0 fully saturated rings. The maximum atomic E-state index is 6.20. The van der Waals surface area contributed by atoms with Crippen LogP contribution in [0.2, 0.25) is 0 Å². The summed E-state index contributed by atoms with van der Waals surface area (Å²) in [7, 11) is 0. The molecule has 0 N–H and O–H groups in total. The standard InChI is InChI=1S/C10H21Cl/c1-4-6-7-8-9-10(3,11)5-2/h4-9H2,1-3H3. The topological polar surface area (TPSA) is 0 Å². The Labute approximate surface area is 76.3 Å². The molecular weight excluding hydrogens is 156 g/mol. The van der Waals surface area contributed by atoms with E-state index in [-0.39, 0.29) is 4.87 Å². The lowest BCUT2D eigenvalue weighted by Crippen LogP contribution is -2.13. The van der Waals surface area contributed by atoms with Gasteiger partial charge in [0.1, 0.15) is 0 Å². The molecule has 1 atom stereocenters. The third-order valence-corrected chi connectivity index (χ3v) is 2.75. The molecule has 0 saturated carbocycles. The second-order valence-electron chi connectivity index (χ2n) is 3.58. The molecule has 0 aliphatic heterocycles. The fraction of sp³-hybridized carbons (Fsp3) is 1.00. The lowest BCUT2D eigenvalue weighted by atomic mass is 9.99. The summed E-state index contributed by atoms with van der Waals surface area (Å²) in [5, 5.41) is 0. The molecule has 0 aromatic heterocycles. The molecule has 1 unspecified atom stereocenters. The van der Waals surface area contributed by atoms with Gasteiger partial charge in [-0.05, 0) is 19.8 Å². The molecule has 0 aromatic rings. The van der Waals surface area contributed by atoms with E-state index < -0.39 is 0 Å². The van der Waals surface area contributed by atoms with Crippen molar-refractivity contribution in [1.82, 2.24) is 0 Å². The molecular formula is C10H21Cl. The van der Waals surface area contributed by atoms with Crippen LogP contribution in [-0.4, -0.2) is 4.87 Å². The van der Waals surface area contributed by atoms with Gasteiger partial charge in [-0.25, -0.2) is 0 Å². The molecule has 0 spiro atoms. The Kier molecular flexibility index (Phi) is 6.03. The molecule has 0 rings (SSSR count). The van der Waals surface area contributed by atoms with Crippen molar-refractivity contribution in [3.05, 3.63) is 0 Å². The van der Waals surface area contributed by atoms with E-state index in [1.807, 2.05) is 0 Å². The van der Waals surface area contributed by atoms with Crippen LogP contribution in [0.1, 0.15) is 59.3 Å². The highest BCUT2D eigenvalue weighted by atomic mass is 35.5. The van der Waals surface area contributed by atoms with Crippen molar-refractivity contribution in [2.45, 2.75) is 64.2 Å². The zero-order valence-corrected chi connectivity index (χ0v) is 8.88. The molecule has 0 nitrogen and oxygen atoms in total. The fourth-order valence-electron chi connectivity index (χ4n) is 1.10. The van der Waals surface area contributed by atoms with Gasteiger partial charge in [0.15, 0.2) is 0 Å². The summed E-state index contributed by atoms with van der Waals surface area (Å²) in [6, 6.07) is 0. The number of hydrogen-bond acceptors (Lipinski definition) is 0. The van der Waals surface area contributed by atoms with Gasteiger partial charge < -0.3 is 0 Å². The summed E-state index contributed by atoms with van der Waals surface area (Å²) in [6.07, 6.45) is 7.56. The summed E-state index contributed by atoms with van der Waals surface area (Å²) >= 11 is 6.20. The molecule has 0 heterocycles. The van der Waals surface area contributed by atoms with E-state index in [0.29, 0.717) is 0 Å². The van der Waals surface area contributed by atoms with Gasteiger partial charge in [-0.1, -0.05) is 39.5 Å².